The molecule has 0 atom stereocenters. The zero-order chi connectivity index (χ0) is 21.8. The van der Waals surface area contributed by atoms with E-state index in [-0.39, 0.29) is 17.6 Å². The number of ketones is 1. The van der Waals surface area contributed by atoms with Gasteiger partial charge in [0.05, 0.1) is 10.4 Å². The number of piperidine rings is 1. The van der Waals surface area contributed by atoms with E-state index in [4.69, 9.17) is 0 Å². The van der Waals surface area contributed by atoms with Crippen LogP contribution in [0.3, 0.4) is 0 Å². The van der Waals surface area contributed by atoms with Gasteiger partial charge in [0, 0.05) is 35.7 Å². The maximum Gasteiger partial charge on any atom is 0.254 e. The molecular weight excluding hydrogens is 428 g/mol. The molecule has 0 spiro atoms. The highest BCUT2D eigenvalue weighted by atomic mass is 32.2. The Hall–Kier alpha value is -2.71. The van der Waals surface area contributed by atoms with Crippen LogP contribution in [-0.4, -0.2) is 39.6 Å². The molecular formula is C23H24N4O2S2. The predicted molar refractivity (Wildman–Crippen MR) is 124 cm³/mol. The van der Waals surface area contributed by atoms with Gasteiger partial charge in [0.1, 0.15) is 11.6 Å². The Labute approximate surface area is 190 Å². The van der Waals surface area contributed by atoms with E-state index in [0.29, 0.717) is 13.1 Å². The minimum absolute atomic E-state index is 0.0452. The van der Waals surface area contributed by atoms with Crippen molar-refractivity contribution >= 4 is 45.7 Å². The lowest BCUT2D eigenvalue weighted by Gasteiger charge is -2.31. The number of benzene rings is 1. The highest BCUT2D eigenvalue weighted by Gasteiger charge is 2.26. The maximum absolute atomic E-state index is 13.1. The molecule has 0 aliphatic carbocycles. The summed E-state index contributed by atoms with van der Waals surface area (Å²) >= 11 is 3.14. The van der Waals surface area contributed by atoms with Crippen molar-refractivity contribution in [3.8, 4) is 0 Å². The highest BCUT2D eigenvalue weighted by molar-refractivity contribution is 8.01. The Morgan fingerprint density at radius 2 is 1.97 bits per heavy atom. The summed E-state index contributed by atoms with van der Waals surface area (Å²) in [4.78, 5) is 36.3. The molecule has 3 heterocycles. The number of aromatic nitrogens is 2. The summed E-state index contributed by atoms with van der Waals surface area (Å²) in [6, 6.07) is 11.7. The van der Waals surface area contributed by atoms with Crippen LogP contribution in [0, 0.1) is 12.8 Å². The number of thiazole rings is 1. The fraction of sp³-hybridized carbons (Fsp3) is 0.304. The van der Waals surface area contributed by atoms with E-state index in [2.05, 4.69) is 15.3 Å². The van der Waals surface area contributed by atoms with Crippen LogP contribution in [0.4, 0.5) is 10.9 Å². The number of anilines is 2. The molecule has 4 rings (SSSR count). The lowest BCUT2D eigenvalue weighted by Crippen LogP contribution is -2.40. The van der Waals surface area contributed by atoms with Crippen molar-refractivity contribution in [3.63, 3.8) is 0 Å². The zero-order valence-corrected chi connectivity index (χ0v) is 19.1. The second-order valence-corrected chi connectivity index (χ2v) is 9.98. The molecule has 2 aromatic heterocycles. The summed E-state index contributed by atoms with van der Waals surface area (Å²) in [7, 11) is 0. The lowest BCUT2D eigenvalue weighted by atomic mass is 9.93. The van der Waals surface area contributed by atoms with E-state index in [9.17, 15) is 9.59 Å². The third-order valence-corrected chi connectivity index (χ3v) is 7.40. The zero-order valence-electron chi connectivity index (χ0n) is 17.5. The molecule has 0 unspecified atom stereocenters. The van der Waals surface area contributed by atoms with Gasteiger partial charge in [-0.1, -0.05) is 35.2 Å². The van der Waals surface area contributed by atoms with Gasteiger partial charge >= 0.3 is 0 Å². The predicted octanol–water partition coefficient (Wildman–Crippen LogP) is 5.18. The molecule has 3 aromatic rings. The van der Waals surface area contributed by atoms with Crippen LogP contribution in [0.1, 0.15) is 35.7 Å². The van der Waals surface area contributed by atoms with E-state index < -0.39 is 0 Å². The first kappa shape index (κ1) is 21.5. The number of likely N-dealkylation sites (tertiary alicyclic amines) is 1. The van der Waals surface area contributed by atoms with E-state index in [1.807, 2.05) is 54.4 Å². The fourth-order valence-corrected chi connectivity index (χ4v) is 5.48. The largest absolute Gasteiger partial charge is 0.339 e. The van der Waals surface area contributed by atoms with Gasteiger partial charge < -0.3 is 10.2 Å². The molecule has 1 amide bonds. The van der Waals surface area contributed by atoms with E-state index in [1.54, 1.807) is 36.2 Å². The number of nitrogens with zero attached hydrogens (tertiary/aromatic N) is 3. The topological polar surface area (TPSA) is 75.2 Å². The summed E-state index contributed by atoms with van der Waals surface area (Å²) in [5.41, 5.74) is 1.69. The number of hydrogen-bond donors (Lipinski definition) is 1. The van der Waals surface area contributed by atoms with Gasteiger partial charge in [-0.25, -0.2) is 9.97 Å². The summed E-state index contributed by atoms with van der Waals surface area (Å²) in [5.74, 6) is 1.12. The number of amides is 1. The molecule has 0 bridgehead atoms. The lowest BCUT2D eigenvalue weighted by molar-refractivity contribution is -0.121. The number of nitrogens with one attached hydrogen (secondary N) is 1. The first-order valence-electron chi connectivity index (χ1n) is 10.2. The van der Waals surface area contributed by atoms with Gasteiger partial charge in [-0.15, -0.1) is 0 Å². The molecule has 31 heavy (non-hydrogen) atoms. The summed E-state index contributed by atoms with van der Waals surface area (Å²) in [6.07, 6.45) is 5.07. The maximum atomic E-state index is 13.1. The second kappa shape index (κ2) is 9.62. The third-order valence-electron chi connectivity index (χ3n) is 5.40. The van der Waals surface area contributed by atoms with Gasteiger partial charge in [0.15, 0.2) is 5.13 Å². The van der Waals surface area contributed by atoms with Crippen molar-refractivity contribution in [2.45, 2.75) is 35.8 Å². The average molecular weight is 453 g/mol. The Balaban J connectivity index is 1.43. The van der Waals surface area contributed by atoms with Gasteiger partial charge in [-0.2, -0.15) is 0 Å². The van der Waals surface area contributed by atoms with E-state index >= 15 is 0 Å². The molecule has 1 saturated heterocycles. The van der Waals surface area contributed by atoms with E-state index in [1.165, 1.54) is 0 Å². The number of carbonyl (C=O) groups excluding carboxylic acids is 2. The molecule has 0 saturated carbocycles. The fourth-order valence-electron chi connectivity index (χ4n) is 3.58. The number of pyridine rings is 1. The third kappa shape index (κ3) is 5.32. The van der Waals surface area contributed by atoms with Gasteiger partial charge in [0.25, 0.3) is 5.91 Å². The van der Waals surface area contributed by atoms with Crippen molar-refractivity contribution < 1.29 is 9.59 Å². The standard InChI is InChI=1S/C23H24N4O2S2/c1-15-6-7-18(13-19(15)22(29)27-11-8-17(9-12-27)16(2)28)30-21-14-25-23(31-21)26-20-5-3-4-10-24-20/h3-7,10,13-14,17H,8-9,11-12H2,1-2H3,(H,24,25,26). The summed E-state index contributed by atoms with van der Waals surface area (Å²) < 4.78 is 1.03. The smallest absolute Gasteiger partial charge is 0.254 e. The number of rotatable bonds is 6. The molecule has 160 valence electrons. The molecule has 1 aliphatic heterocycles. The second-order valence-electron chi connectivity index (χ2n) is 7.58. The average Bonchev–Trinajstić information content (AvgIpc) is 3.22. The minimum Gasteiger partial charge on any atom is -0.339 e. The molecule has 8 heteroatoms. The molecule has 1 aliphatic rings. The number of carbonyl (C=O) groups is 2. The van der Waals surface area contributed by atoms with Gasteiger partial charge in [0.2, 0.25) is 0 Å². The summed E-state index contributed by atoms with van der Waals surface area (Å²) in [6.45, 7) is 4.88. The van der Waals surface area contributed by atoms with E-state index in [0.717, 1.165) is 44.0 Å². The molecule has 6 nitrogen and oxygen atoms in total. The molecule has 1 N–H and O–H groups in total. The first-order chi connectivity index (χ1) is 15.0. The molecule has 0 radical (unpaired) electrons. The molecule has 1 fully saturated rings. The Morgan fingerprint density at radius 3 is 2.68 bits per heavy atom. The van der Waals surface area contributed by atoms with Crippen LogP contribution >= 0.6 is 23.1 Å². The van der Waals surface area contributed by atoms with Crippen LogP contribution in [-0.2, 0) is 4.79 Å². The van der Waals surface area contributed by atoms with Crippen LogP contribution in [0.15, 0.2) is 57.9 Å². The highest BCUT2D eigenvalue weighted by Crippen LogP contribution is 2.35. The van der Waals surface area contributed by atoms with Crippen molar-refractivity contribution in [3.05, 3.63) is 59.9 Å². The van der Waals surface area contributed by atoms with Gasteiger partial charge in [-0.05, 0) is 56.5 Å². The molecule has 1 aromatic carbocycles. The quantitative estimate of drug-likeness (QED) is 0.555. The normalized spacial score (nSPS) is 14.5. The summed E-state index contributed by atoms with van der Waals surface area (Å²) in [5, 5.41) is 3.98. The monoisotopic (exact) mass is 452 g/mol. The van der Waals surface area contributed by atoms with Gasteiger partial charge in [-0.3, -0.25) is 9.59 Å². The van der Waals surface area contributed by atoms with Crippen LogP contribution in [0.25, 0.3) is 0 Å². The van der Waals surface area contributed by atoms with Crippen molar-refractivity contribution in [1.29, 1.82) is 0 Å². The minimum atomic E-state index is 0.0452. The van der Waals surface area contributed by atoms with Crippen LogP contribution in [0.5, 0.6) is 0 Å². The number of aryl methyl sites for hydroxylation is 1. The van der Waals surface area contributed by atoms with Crippen molar-refractivity contribution in [2.75, 3.05) is 18.4 Å². The Morgan fingerprint density at radius 1 is 1.16 bits per heavy atom. The SMILES string of the molecule is CC(=O)C1CCN(C(=O)c2cc(Sc3cnc(Nc4ccccn4)s3)ccc2C)CC1. The Kier molecular flexibility index (Phi) is 6.67. The number of Topliss-reactive ketones (excluding diaryl/α,β-unsaturated/α-hetero) is 1. The number of hydrogen-bond acceptors (Lipinski definition) is 7. The van der Waals surface area contributed by atoms with Crippen molar-refractivity contribution in [2.24, 2.45) is 5.92 Å². The first-order valence-corrected chi connectivity index (χ1v) is 11.8. The van der Waals surface area contributed by atoms with Crippen molar-refractivity contribution in [1.82, 2.24) is 14.9 Å². The van der Waals surface area contributed by atoms with Crippen LogP contribution < -0.4 is 5.32 Å². The Bertz CT molecular complexity index is 1080. The van der Waals surface area contributed by atoms with Crippen LogP contribution in [0.2, 0.25) is 0 Å².